The summed E-state index contributed by atoms with van der Waals surface area (Å²) in [6.07, 6.45) is 7.13. The van der Waals surface area contributed by atoms with Crippen molar-refractivity contribution in [3.8, 4) is 11.4 Å². The number of nitrogens with zero attached hydrogens (tertiary/aromatic N) is 3. The van der Waals surface area contributed by atoms with E-state index in [-0.39, 0.29) is 5.41 Å². The SMILES string of the molecule is CC(C)(C)c1cc(-c2nccc(N3CCNCC3)n2)ccc1NC1CCCC1. The molecular formula is C23H33N5. The lowest BCUT2D eigenvalue weighted by atomic mass is 9.84. The van der Waals surface area contributed by atoms with Crippen molar-refractivity contribution in [3.63, 3.8) is 0 Å². The first-order chi connectivity index (χ1) is 13.5. The summed E-state index contributed by atoms with van der Waals surface area (Å²) in [5, 5.41) is 7.20. The van der Waals surface area contributed by atoms with Crippen LogP contribution in [0.4, 0.5) is 11.5 Å². The summed E-state index contributed by atoms with van der Waals surface area (Å²) in [5.41, 5.74) is 3.76. The molecule has 1 aromatic heterocycles. The first kappa shape index (κ1) is 19.2. The van der Waals surface area contributed by atoms with E-state index in [9.17, 15) is 0 Å². The Balaban J connectivity index is 1.64. The first-order valence-corrected chi connectivity index (χ1v) is 10.7. The highest BCUT2D eigenvalue weighted by molar-refractivity contribution is 5.66. The fourth-order valence-corrected chi connectivity index (χ4v) is 4.28. The Labute approximate surface area is 169 Å². The quantitative estimate of drug-likeness (QED) is 0.834. The Bertz CT molecular complexity index is 799. The molecule has 0 unspecified atom stereocenters. The van der Waals surface area contributed by atoms with Gasteiger partial charge < -0.3 is 15.5 Å². The van der Waals surface area contributed by atoms with Crippen molar-refractivity contribution in [2.45, 2.75) is 57.9 Å². The zero-order chi connectivity index (χ0) is 19.6. The average molecular weight is 380 g/mol. The molecule has 150 valence electrons. The van der Waals surface area contributed by atoms with Gasteiger partial charge in [-0.3, -0.25) is 0 Å². The minimum atomic E-state index is 0.0626. The molecule has 2 heterocycles. The van der Waals surface area contributed by atoms with E-state index in [4.69, 9.17) is 4.98 Å². The first-order valence-electron chi connectivity index (χ1n) is 10.7. The van der Waals surface area contributed by atoms with Crippen molar-refractivity contribution in [1.82, 2.24) is 15.3 Å². The molecule has 5 nitrogen and oxygen atoms in total. The fraction of sp³-hybridized carbons (Fsp3) is 0.565. The molecule has 1 aliphatic carbocycles. The van der Waals surface area contributed by atoms with Gasteiger partial charge in [0.2, 0.25) is 0 Å². The van der Waals surface area contributed by atoms with Gasteiger partial charge in [-0.2, -0.15) is 0 Å². The van der Waals surface area contributed by atoms with Crippen LogP contribution in [-0.4, -0.2) is 42.2 Å². The van der Waals surface area contributed by atoms with E-state index in [1.54, 1.807) is 0 Å². The van der Waals surface area contributed by atoms with Gasteiger partial charge >= 0.3 is 0 Å². The lowest BCUT2D eigenvalue weighted by Gasteiger charge is -2.28. The Morgan fingerprint density at radius 2 is 1.82 bits per heavy atom. The maximum atomic E-state index is 4.89. The lowest BCUT2D eigenvalue weighted by molar-refractivity contribution is 0.584. The summed E-state index contributed by atoms with van der Waals surface area (Å²) in [4.78, 5) is 11.8. The standard InChI is InChI=1S/C23H33N5/c1-23(2,3)19-16-17(8-9-20(19)26-18-6-4-5-7-18)22-25-11-10-21(27-22)28-14-12-24-13-15-28/h8-11,16,18,24,26H,4-7,12-15H2,1-3H3. The van der Waals surface area contributed by atoms with E-state index in [2.05, 4.69) is 59.5 Å². The van der Waals surface area contributed by atoms with E-state index in [0.29, 0.717) is 6.04 Å². The number of hydrogen-bond acceptors (Lipinski definition) is 5. The van der Waals surface area contributed by atoms with Crippen LogP contribution in [0.25, 0.3) is 11.4 Å². The summed E-state index contributed by atoms with van der Waals surface area (Å²) < 4.78 is 0. The minimum Gasteiger partial charge on any atom is -0.382 e. The van der Waals surface area contributed by atoms with E-state index in [1.165, 1.54) is 36.9 Å². The molecule has 28 heavy (non-hydrogen) atoms. The minimum absolute atomic E-state index is 0.0626. The normalized spacial score (nSPS) is 18.5. The van der Waals surface area contributed by atoms with Crippen molar-refractivity contribution >= 4 is 11.5 Å². The van der Waals surface area contributed by atoms with E-state index >= 15 is 0 Å². The monoisotopic (exact) mass is 379 g/mol. The predicted octanol–water partition coefficient (Wildman–Crippen LogP) is 4.21. The van der Waals surface area contributed by atoms with Crippen LogP contribution in [0, 0.1) is 0 Å². The Morgan fingerprint density at radius 1 is 1.07 bits per heavy atom. The van der Waals surface area contributed by atoms with Gasteiger partial charge in [-0.15, -0.1) is 0 Å². The number of piperazine rings is 1. The molecule has 1 aliphatic heterocycles. The summed E-state index contributed by atoms with van der Waals surface area (Å²) in [6, 6.07) is 9.32. The zero-order valence-corrected chi connectivity index (χ0v) is 17.5. The van der Waals surface area contributed by atoms with Crippen LogP contribution in [0.1, 0.15) is 52.0 Å². The molecule has 1 saturated carbocycles. The van der Waals surface area contributed by atoms with Gasteiger partial charge in [0.1, 0.15) is 5.82 Å². The molecule has 2 aliphatic rings. The molecule has 0 amide bonds. The average Bonchev–Trinajstić information content (AvgIpc) is 3.21. The van der Waals surface area contributed by atoms with Gasteiger partial charge in [-0.25, -0.2) is 9.97 Å². The Morgan fingerprint density at radius 3 is 2.54 bits per heavy atom. The van der Waals surface area contributed by atoms with Crippen molar-refractivity contribution in [2.24, 2.45) is 0 Å². The fourth-order valence-electron chi connectivity index (χ4n) is 4.28. The number of nitrogens with one attached hydrogen (secondary N) is 2. The highest BCUT2D eigenvalue weighted by atomic mass is 15.2. The topological polar surface area (TPSA) is 53.1 Å². The molecule has 0 radical (unpaired) electrons. The summed E-state index contributed by atoms with van der Waals surface area (Å²) >= 11 is 0. The second kappa shape index (κ2) is 8.08. The molecule has 0 spiro atoms. The van der Waals surface area contributed by atoms with Crippen LogP contribution in [0.3, 0.4) is 0 Å². The summed E-state index contributed by atoms with van der Waals surface area (Å²) in [6.45, 7) is 10.9. The van der Waals surface area contributed by atoms with Gasteiger partial charge in [0.25, 0.3) is 0 Å². The molecule has 5 heteroatoms. The highest BCUT2D eigenvalue weighted by Crippen LogP contribution is 2.35. The molecule has 2 fully saturated rings. The molecular weight excluding hydrogens is 346 g/mol. The number of anilines is 2. The maximum Gasteiger partial charge on any atom is 0.161 e. The zero-order valence-electron chi connectivity index (χ0n) is 17.5. The second-order valence-corrected chi connectivity index (χ2v) is 9.11. The van der Waals surface area contributed by atoms with E-state index in [0.717, 1.165) is 43.4 Å². The molecule has 2 N–H and O–H groups in total. The lowest BCUT2D eigenvalue weighted by Crippen LogP contribution is -2.43. The summed E-state index contributed by atoms with van der Waals surface area (Å²) in [7, 11) is 0. The smallest absolute Gasteiger partial charge is 0.161 e. The summed E-state index contributed by atoms with van der Waals surface area (Å²) in [5.74, 6) is 1.84. The van der Waals surface area contributed by atoms with Crippen LogP contribution in [0.5, 0.6) is 0 Å². The van der Waals surface area contributed by atoms with Gasteiger partial charge in [-0.1, -0.05) is 33.6 Å². The van der Waals surface area contributed by atoms with Crippen molar-refractivity contribution in [1.29, 1.82) is 0 Å². The van der Waals surface area contributed by atoms with Gasteiger partial charge in [0.15, 0.2) is 5.82 Å². The van der Waals surface area contributed by atoms with Gasteiger partial charge in [0, 0.05) is 49.7 Å². The van der Waals surface area contributed by atoms with Crippen LogP contribution < -0.4 is 15.5 Å². The van der Waals surface area contributed by atoms with Crippen LogP contribution in [0.15, 0.2) is 30.5 Å². The number of hydrogen-bond donors (Lipinski definition) is 2. The third-order valence-electron chi connectivity index (χ3n) is 5.88. The van der Waals surface area contributed by atoms with Gasteiger partial charge in [-0.05, 0) is 48.1 Å². The molecule has 2 aromatic rings. The maximum absolute atomic E-state index is 4.89. The largest absolute Gasteiger partial charge is 0.382 e. The van der Waals surface area contributed by atoms with Crippen molar-refractivity contribution in [3.05, 3.63) is 36.0 Å². The molecule has 1 saturated heterocycles. The highest BCUT2D eigenvalue weighted by Gasteiger charge is 2.23. The molecule has 1 aromatic carbocycles. The van der Waals surface area contributed by atoms with Crippen molar-refractivity contribution in [2.75, 3.05) is 36.4 Å². The second-order valence-electron chi connectivity index (χ2n) is 9.11. The third kappa shape index (κ3) is 4.30. The van der Waals surface area contributed by atoms with Gasteiger partial charge in [0.05, 0.1) is 0 Å². The third-order valence-corrected chi connectivity index (χ3v) is 5.88. The number of benzene rings is 1. The molecule has 0 bridgehead atoms. The molecule has 4 rings (SSSR count). The van der Waals surface area contributed by atoms with Crippen LogP contribution in [0.2, 0.25) is 0 Å². The van der Waals surface area contributed by atoms with E-state index in [1.807, 2.05) is 12.3 Å². The Kier molecular flexibility index (Phi) is 5.54. The Hall–Kier alpha value is -2.14. The van der Waals surface area contributed by atoms with Crippen LogP contribution in [-0.2, 0) is 5.41 Å². The number of rotatable bonds is 4. The molecule has 0 atom stereocenters. The van der Waals surface area contributed by atoms with E-state index < -0.39 is 0 Å². The van der Waals surface area contributed by atoms with Crippen LogP contribution >= 0.6 is 0 Å². The predicted molar refractivity (Wildman–Crippen MR) is 117 cm³/mol. The number of aromatic nitrogens is 2. The van der Waals surface area contributed by atoms with Crippen molar-refractivity contribution < 1.29 is 0 Å².